The second kappa shape index (κ2) is 6.63. The highest BCUT2D eigenvalue weighted by Crippen LogP contribution is 2.27. The van der Waals surface area contributed by atoms with Gasteiger partial charge in [-0.3, -0.25) is 4.90 Å². The Morgan fingerprint density at radius 1 is 1.25 bits per heavy atom. The van der Waals surface area contributed by atoms with Crippen molar-refractivity contribution in [3.8, 4) is 0 Å². The van der Waals surface area contributed by atoms with Crippen molar-refractivity contribution in [2.75, 3.05) is 26.2 Å². The third kappa shape index (κ3) is 3.47. The van der Waals surface area contributed by atoms with Gasteiger partial charge in [0.25, 0.3) is 0 Å². The molecule has 2 rings (SSSR count). The topological polar surface area (TPSA) is 15.3 Å². The zero-order chi connectivity index (χ0) is 11.2. The van der Waals surface area contributed by atoms with Crippen LogP contribution < -0.4 is 5.32 Å². The van der Waals surface area contributed by atoms with Gasteiger partial charge in [0.15, 0.2) is 0 Å². The number of hydrogen-bond acceptors (Lipinski definition) is 2. The number of piperazine rings is 1. The molecule has 1 aliphatic heterocycles. The molecule has 0 amide bonds. The fraction of sp³-hybridized carbons (Fsp3) is 0.846. The van der Waals surface area contributed by atoms with E-state index in [4.69, 9.17) is 11.6 Å². The van der Waals surface area contributed by atoms with Gasteiger partial charge in [-0.15, -0.1) is 0 Å². The summed E-state index contributed by atoms with van der Waals surface area (Å²) in [5.41, 5.74) is 1.64. The van der Waals surface area contributed by atoms with Gasteiger partial charge in [-0.2, -0.15) is 0 Å². The minimum atomic E-state index is 0.720. The Hall–Kier alpha value is -0.0500. The van der Waals surface area contributed by atoms with Crippen molar-refractivity contribution in [3.63, 3.8) is 0 Å². The molecule has 1 unspecified atom stereocenters. The van der Waals surface area contributed by atoms with Crippen LogP contribution in [-0.2, 0) is 0 Å². The lowest BCUT2D eigenvalue weighted by atomic mass is 9.83. The molecule has 0 bridgehead atoms. The second-order valence-electron chi connectivity index (χ2n) is 5.08. The van der Waals surface area contributed by atoms with Crippen molar-refractivity contribution >= 4 is 11.6 Å². The van der Waals surface area contributed by atoms with E-state index in [0.717, 1.165) is 31.6 Å². The van der Waals surface area contributed by atoms with Crippen LogP contribution in [0.25, 0.3) is 0 Å². The highest BCUT2D eigenvalue weighted by atomic mass is 35.5. The van der Waals surface area contributed by atoms with Gasteiger partial charge < -0.3 is 5.32 Å². The highest BCUT2D eigenvalue weighted by Gasteiger charge is 2.27. The van der Waals surface area contributed by atoms with Crippen LogP contribution in [0, 0.1) is 5.92 Å². The van der Waals surface area contributed by atoms with Crippen LogP contribution in [0.2, 0.25) is 0 Å². The first-order valence-corrected chi connectivity index (χ1v) is 7.05. The lowest BCUT2D eigenvalue weighted by Crippen LogP contribution is -2.53. The third-order valence-corrected chi connectivity index (χ3v) is 4.14. The molecule has 0 aromatic heterocycles. The maximum Gasteiger partial charge on any atom is 0.0223 e. The summed E-state index contributed by atoms with van der Waals surface area (Å²) in [6.07, 6.45) is 9.22. The van der Waals surface area contributed by atoms with E-state index in [1.807, 2.05) is 6.08 Å². The highest BCUT2D eigenvalue weighted by molar-refractivity contribution is 6.25. The summed E-state index contributed by atoms with van der Waals surface area (Å²) in [4.78, 5) is 2.51. The van der Waals surface area contributed by atoms with Gasteiger partial charge in [-0.25, -0.2) is 0 Å². The molecule has 0 radical (unpaired) electrons. The Labute approximate surface area is 104 Å². The second-order valence-corrected chi connectivity index (χ2v) is 5.33. The Bertz CT molecular complexity index is 224. The van der Waals surface area contributed by atoms with Crippen LogP contribution in [0.3, 0.4) is 0 Å². The van der Waals surface area contributed by atoms with E-state index < -0.39 is 0 Å². The van der Waals surface area contributed by atoms with Crippen molar-refractivity contribution in [1.82, 2.24) is 10.2 Å². The zero-order valence-corrected chi connectivity index (χ0v) is 10.8. The Morgan fingerprint density at radius 2 is 2.06 bits per heavy atom. The zero-order valence-electron chi connectivity index (χ0n) is 10.00. The fourth-order valence-electron chi connectivity index (χ4n) is 3.05. The average molecular weight is 243 g/mol. The van der Waals surface area contributed by atoms with Gasteiger partial charge in [0, 0.05) is 37.8 Å². The summed E-state index contributed by atoms with van der Waals surface area (Å²) in [7, 11) is 0. The van der Waals surface area contributed by atoms with E-state index >= 15 is 0 Å². The van der Waals surface area contributed by atoms with Crippen molar-refractivity contribution in [2.24, 2.45) is 5.92 Å². The van der Waals surface area contributed by atoms with Crippen LogP contribution in [0.1, 0.15) is 32.1 Å². The first-order valence-electron chi connectivity index (χ1n) is 6.61. The largest absolute Gasteiger partial charge is 0.311 e. The quantitative estimate of drug-likeness (QED) is 0.819. The Morgan fingerprint density at radius 3 is 2.81 bits per heavy atom. The molecule has 1 aliphatic carbocycles. The first kappa shape index (κ1) is 12.4. The summed E-state index contributed by atoms with van der Waals surface area (Å²) in [6.45, 7) is 4.50. The van der Waals surface area contributed by atoms with Gasteiger partial charge in [-0.05, 0) is 18.8 Å². The molecule has 16 heavy (non-hydrogen) atoms. The summed E-state index contributed by atoms with van der Waals surface area (Å²) >= 11 is 5.58. The lowest BCUT2D eigenvalue weighted by Gasteiger charge is -2.39. The Kier molecular flexibility index (Phi) is 5.14. The standard InChI is InChI=1S/C13H23ClN2/c14-7-4-9-16-10-8-15-13(11-16)12-5-2-1-3-6-12/h4,7,12-13,15H,1-3,5-6,8-11H2/b7-4+. The molecule has 3 heteroatoms. The number of nitrogens with one attached hydrogen (secondary N) is 1. The molecular weight excluding hydrogens is 220 g/mol. The van der Waals surface area contributed by atoms with E-state index in [0.29, 0.717) is 0 Å². The molecule has 1 heterocycles. The third-order valence-electron chi connectivity index (χ3n) is 3.96. The lowest BCUT2D eigenvalue weighted by molar-refractivity contribution is 0.157. The van der Waals surface area contributed by atoms with Gasteiger partial charge in [0.05, 0.1) is 0 Å². The van der Waals surface area contributed by atoms with E-state index in [1.165, 1.54) is 38.6 Å². The molecule has 2 fully saturated rings. The number of rotatable bonds is 3. The van der Waals surface area contributed by atoms with E-state index in [2.05, 4.69) is 10.2 Å². The minimum absolute atomic E-state index is 0.720. The summed E-state index contributed by atoms with van der Waals surface area (Å²) in [5.74, 6) is 0.913. The van der Waals surface area contributed by atoms with E-state index in [1.54, 1.807) is 5.54 Å². The maximum absolute atomic E-state index is 5.58. The van der Waals surface area contributed by atoms with E-state index in [-0.39, 0.29) is 0 Å². The van der Waals surface area contributed by atoms with Crippen LogP contribution >= 0.6 is 11.6 Å². The molecule has 1 saturated heterocycles. The monoisotopic (exact) mass is 242 g/mol. The number of halogens is 1. The SMILES string of the molecule is Cl/C=C/CN1CCNC(C2CCCCC2)C1. The molecule has 1 N–H and O–H groups in total. The number of nitrogens with zero attached hydrogens (tertiary/aromatic N) is 1. The average Bonchev–Trinajstić information content (AvgIpc) is 2.38. The molecule has 0 aromatic rings. The molecule has 2 aliphatic rings. The van der Waals surface area contributed by atoms with Crippen LogP contribution in [0.4, 0.5) is 0 Å². The van der Waals surface area contributed by atoms with Crippen molar-refractivity contribution in [3.05, 3.63) is 11.6 Å². The van der Waals surface area contributed by atoms with Gasteiger partial charge in [0.1, 0.15) is 0 Å². The molecule has 1 saturated carbocycles. The van der Waals surface area contributed by atoms with Crippen molar-refractivity contribution < 1.29 is 0 Å². The summed E-state index contributed by atoms with van der Waals surface area (Å²) in [6, 6.07) is 0.720. The van der Waals surface area contributed by atoms with Gasteiger partial charge in [-0.1, -0.05) is 36.9 Å². The van der Waals surface area contributed by atoms with Crippen LogP contribution in [-0.4, -0.2) is 37.1 Å². The molecule has 92 valence electrons. The molecular formula is C13H23ClN2. The fourth-order valence-corrected chi connectivity index (χ4v) is 3.13. The van der Waals surface area contributed by atoms with Gasteiger partial charge in [0.2, 0.25) is 0 Å². The molecule has 0 aromatic carbocycles. The minimum Gasteiger partial charge on any atom is -0.311 e. The normalized spacial score (nSPS) is 29.9. The van der Waals surface area contributed by atoms with Crippen LogP contribution in [0.15, 0.2) is 11.6 Å². The van der Waals surface area contributed by atoms with E-state index in [9.17, 15) is 0 Å². The van der Waals surface area contributed by atoms with Crippen LogP contribution in [0.5, 0.6) is 0 Å². The predicted octanol–water partition coefficient (Wildman–Crippen LogP) is 2.59. The van der Waals surface area contributed by atoms with Crippen molar-refractivity contribution in [1.29, 1.82) is 0 Å². The predicted molar refractivity (Wildman–Crippen MR) is 69.8 cm³/mol. The summed E-state index contributed by atoms with van der Waals surface area (Å²) in [5, 5.41) is 3.70. The number of hydrogen-bond donors (Lipinski definition) is 1. The first-order chi connectivity index (χ1) is 7.90. The summed E-state index contributed by atoms with van der Waals surface area (Å²) < 4.78 is 0. The molecule has 2 nitrogen and oxygen atoms in total. The molecule has 1 atom stereocenters. The van der Waals surface area contributed by atoms with Gasteiger partial charge >= 0.3 is 0 Å². The smallest absolute Gasteiger partial charge is 0.0223 e. The molecule has 0 spiro atoms. The maximum atomic E-state index is 5.58. The Balaban J connectivity index is 1.80. The van der Waals surface area contributed by atoms with Crippen molar-refractivity contribution in [2.45, 2.75) is 38.1 Å².